The zero-order valence-electron chi connectivity index (χ0n) is 30.0. The Labute approximate surface area is 309 Å². The van der Waals surface area contributed by atoms with Crippen LogP contribution in [-0.2, 0) is 28.8 Å². The summed E-state index contributed by atoms with van der Waals surface area (Å²) in [7, 11) is 0. The summed E-state index contributed by atoms with van der Waals surface area (Å²) < 4.78 is 44.8. The Morgan fingerprint density at radius 2 is 0.870 bits per heavy atom. The predicted molar refractivity (Wildman–Crippen MR) is 189 cm³/mol. The molecule has 0 aliphatic carbocycles. The standard InChI is InChI=1S/C40H34O14/c1-21(41)47-31-13-28(14-32(19-31)48-22(2)42)8-7-27-9-11-36-37(15-27)54-39(29-10-12-35(51-25(5)45)38(18-29)52-26(6)46)40(53-36)30-16-33(49-23(3)43)20-34(17-30)50-24(4)44/h7-20,39-40H,1-6H3/t39-,40-/m1/s1. The third-order valence-corrected chi connectivity index (χ3v) is 7.20. The monoisotopic (exact) mass is 738 g/mol. The molecule has 1 heterocycles. The van der Waals surface area contributed by atoms with E-state index in [4.69, 9.17) is 37.9 Å². The van der Waals surface area contributed by atoms with Crippen molar-refractivity contribution in [2.24, 2.45) is 0 Å². The summed E-state index contributed by atoms with van der Waals surface area (Å²) in [4.78, 5) is 70.8. The van der Waals surface area contributed by atoms with E-state index in [1.54, 1.807) is 48.6 Å². The number of benzene rings is 4. The fraction of sp³-hybridized carbons (Fsp3) is 0.200. The van der Waals surface area contributed by atoms with Crippen LogP contribution in [0.1, 0.15) is 76.0 Å². The maximum absolute atomic E-state index is 12.0. The lowest BCUT2D eigenvalue weighted by Crippen LogP contribution is -2.27. The van der Waals surface area contributed by atoms with Crippen molar-refractivity contribution in [3.8, 4) is 46.0 Å². The third-order valence-electron chi connectivity index (χ3n) is 7.20. The number of esters is 6. The summed E-state index contributed by atoms with van der Waals surface area (Å²) in [6.07, 6.45) is 1.50. The van der Waals surface area contributed by atoms with Crippen LogP contribution in [0.25, 0.3) is 12.2 Å². The molecule has 0 bridgehead atoms. The number of hydrogen-bond donors (Lipinski definition) is 0. The second-order valence-corrected chi connectivity index (χ2v) is 11.9. The van der Waals surface area contributed by atoms with Crippen LogP contribution in [0, 0.1) is 0 Å². The Kier molecular flexibility index (Phi) is 11.8. The molecule has 54 heavy (non-hydrogen) atoms. The molecule has 4 aromatic carbocycles. The van der Waals surface area contributed by atoms with Gasteiger partial charge in [0, 0.05) is 64.8 Å². The van der Waals surface area contributed by atoms with Gasteiger partial charge in [-0.25, -0.2) is 0 Å². The van der Waals surface area contributed by atoms with Gasteiger partial charge < -0.3 is 37.9 Å². The first-order valence-corrected chi connectivity index (χ1v) is 16.3. The van der Waals surface area contributed by atoms with E-state index in [-0.39, 0.29) is 34.5 Å². The van der Waals surface area contributed by atoms with Crippen LogP contribution in [0.15, 0.2) is 72.8 Å². The van der Waals surface area contributed by atoms with Gasteiger partial charge in [-0.1, -0.05) is 24.3 Å². The Morgan fingerprint density at radius 3 is 1.39 bits per heavy atom. The molecule has 0 aromatic heterocycles. The quantitative estimate of drug-likeness (QED) is 0.0958. The smallest absolute Gasteiger partial charge is 0.308 e. The first kappa shape index (κ1) is 38.3. The lowest BCUT2D eigenvalue weighted by atomic mass is 9.95. The van der Waals surface area contributed by atoms with Crippen LogP contribution in [0.2, 0.25) is 0 Å². The maximum Gasteiger partial charge on any atom is 0.308 e. The number of rotatable bonds is 10. The average Bonchev–Trinajstić information content (AvgIpc) is 3.05. The highest BCUT2D eigenvalue weighted by Crippen LogP contribution is 2.48. The molecule has 5 rings (SSSR count). The van der Waals surface area contributed by atoms with E-state index in [1.165, 1.54) is 77.9 Å². The zero-order chi connectivity index (χ0) is 39.1. The van der Waals surface area contributed by atoms with E-state index >= 15 is 0 Å². The van der Waals surface area contributed by atoms with Crippen molar-refractivity contribution in [2.75, 3.05) is 0 Å². The van der Waals surface area contributed by atoms with E-state index in [2.05, 4.69) is 0 Å². The minimum atomic E-state index is -0.984. The van der Waals surface area contributed by atoms with Gasteiger partial charge in [0.15, 0.2) is 35.2 Å². The third kappa shape index (κ3) is 10.3. The average molecular weight is 739 g/mol. The molecule has 2 atom stereocenters. The van der Waals surface area contributed by atoms with Crippen LogP contribution in [-0.4, -0.2) is 35.8 Å². The molecule has 0 unspecified atom stereocenters. The van der Waals surface area contributed by atoms with E-state index in [0.717, 1.165) is 0 Å². The molecule has 1 aliphatic rings. The molecule has 4 aromatic rings. The van der Waals surface area contributed by atoms with Gasteiger partial charge in [0.1, 0.15) is 23.0 Å². The number of carbonyl (C=O) groups excluding carboxylic acids is 6. The molecule has 0 N–H and O–H groups in total. The first-order chi connectivity index (χ1) is 25.6. The largest absolute Gasteiger partial charge is 0.478 e. The highest BCUT2D eigenvalue weighted by Gasteiger charge is 2.36. The first-order valence-electron chi connectivity index (χ1n) is 16.3. The van der Waals surface area contributed by atoms with Crippen molar-refractivity contribution in [1.29, 1.82) is 0 Å². The van der Waals surface area contributed by atoms with Crippen LogP contribution >= 0.6 is 0 Å². The fourth-order valence-electron chi connectivity index (χ4n) is 5.42. The lowest BCUT2D eigenvalue weighted by Gasteiger charge is -2.35. The van der Waals surface area contributed by atoms with E-state index in [1.807, 2.05) is 0 Å². The van der Waals surface area contributed by atoms with Gasteiger partial charge in [-0.05, 0) is 59.7 Å². The molecule has 14 heteroatoms. The second-order valence-electron chi connectivity index (χ2n) is 11.9. The van der Waals surface area contributed by atoms with Gasteiger partial charge in [-0.15, -0.1) is 0 Å². The Hall–Kier alpha value is -6.96. The van der Waals surface area contributed by atoms with E-state index in [9.17, 15) is 28.8 Å². The van der Waals surface area contributed by atoms with Crippen molar-refractivity contribution >= 4 is 48.0 Å². The Morgan fingerprint density at radius 1 is 0.426 bits per heavy atom. The molecule has 0 radical (unpaired) electrons. The topological polar surface area (TPSA) is 176 Å². The second kappa shape index (κ2) is 16.6. The normalized spacial score (nSPS) is 14.4. The van der Waals surface area contributed by atoms with Crippen molar-refractivity contribution in [1.82, 2.24) is 0 Å². The fourth-order valence-corrected chi connectivity index (χ4v) is 5.42. The van der Waals surface area contributed by atoms with Crippen LogP contribution in [0.3, 0.4) is 0 Å². The van der Waals surface area contributed by atoms with Crippen molar-refractivity contribution < 1.29 is 66.7 Å². The molecule has 0 amide bonds. The number of hydrogen-bond acceptors (Lipinski definition) is 14. The number of fused-ring (bicyclic) bond motifs is 1. The van der Waals surface area contributed by atoms with Crippen LogP contribution in [0.4, 0.5) is 0 Å². The van der Waals surface area contributed by atoms with Gasteiger partial charge in [0.05, 0.1) is 0 Å². The number of carbonyl (C=O) groups is 6. The van der Waals surface area contributed by atoms with Gasteiger partial charge in [0.25, 0.3) is 0 Å². The SMILES string of the molecule is CC(=O)Oc1cc(C=Cc2ccc3c(c2)O[C@H](c2ccc(OC(C)=O)c(OC(C)=O)c2)[C@@H](c2cc(OC(C)=O)cc(OC(C)=O)c2)O3)cc(OC(C)=O)c1. The Balaban J connectivity index is 1.59. The van der Waals surface area contributed by atoms with Gasteiger partial charge in [-0.2, -0.15) is 0 Å². The molecule has 1 aliphatic heterocycles. The van der Waals surface area contributed by atoms with Crippen molar-refractivity contribution in [3.05, 3.63) is 95.1 Å². The molecule has 14 nitrogen and oxygen atoms in total. The summed E-state index contributed by atoms with van der Waals surface area (Å²) in [5.74, 6) is -2.56. The van der Waals surface area contributed by atoms with E-state index < -0.39 is 48.0 Å². The summed E-state index contributed by atoms with van der Waals surface area (Å²) in [6.45, 7) is 7.35. The van der Waals surface area contributed by atoms with E-state index in [0.29, 0.717) is 33.8 Å². The molecule has 0 fully saturated rings. The van der Waals surface area contributed by atoms with Crippen molar-refractivity contribution in [2.45, 2.75) is 53.8 Å². The minimum absolute atomic E-state index is 0.00816. The minimum Gasteiger partial charge on any atom is -0.478 e. The van der Waals surface area contributed by atoms with Gasteiger partial charge in [0.2, 0.25) is 0 Å². The predicted octanol–water partition coefficient (Wildman–Crippen LogP) is 6.66. The lowest BCUT2D eigenvalue weighted by molar-refractivity contribution is -0.134. The van der Waals surface area contributed by atoms with Crippen LogP contribution in [0.5, 0.6) is 46.0 Å². The summed E-state index contributed by atoms with van der Waals surface area (Å²) in [6, 6.07) is 18.7. The summed E-state index contributed by atoms with van der Waals surface area (Å²) in [5, 5.41) is 0. The summed E-state index contributed by atoms with van der Waals surface area (Å²) >= 11 is 0. The zero-order valence-corrected chi connectivity index (χ0v) is 30.0. The highest BCUT2D eigenvalue weighted by molar-refractivity contribution is 5.77. The molecule has 278 valence electrons. The molecule has 0 spiro atoms. The van der Waals surface area contributed by atoms with Crippen molar-refractivity contribution in [3.63, 3.8) is 0 Å². The molecule has 0 saturated heterocycles. The molecular formula is C40H34O14. The molecule has 0 saturated carbocycles. The van der Waals surface area contributed by atoms with Crippen LogP contribution < -0.4 is 37.9 Å². The summed E-state index contributed by atoms with van der Waals surface area (Å²) in [5.41, 5.74) is 2.02. The number of ether oxygens (including phenoxy) is 8. The Bertz CT molecular complexity index is 2110. The van der Waals surface area contributed by atoms with Gasteiger partial charge >= 0.3 is 35.8 Å². The highest BCUT2D eigenvalue weighted by atomic mass is 16.6. The van der Waals surface area contributed by atoms with Gasteiger partial charge in [-0.3, -0.25) is 28.8 Å². The maximum atomic E-state index is 12.0. The molecular weight excluding hydrogens is 704 g/mol.